The van der Waals surface area contributed by atoms with Crippen LogP contribution in [0.5, 0.6) is 0 Å². The zero-order valence-corrected chi connectivity index (χ0v) is 19.6. The van der Waals surface area contributed by atoms with E-state index in [4.69, 9.17) is 16.6 Å². The maximum atomic E-state index is 11.6. The molecule has 2 heterocycles. The lowest BCUT2D eigenvalue weighted by Gasteiger charge is -2.34. The molecule has 1 fully saturated rings. The number of urea groups is 1. The number of rotatable bonds is 7. The number of hydrogen-bond donors (Lipinski definition) is 5. The molecule has 2 aromatic carbocycles. The van der Waals surface area contributed by atoms with Gasteiger partial charge in [0, 0.05) is 49.3 Å². The molecule has 0 aliphatic carbocycles. The van der Waals surface area contributed by atoms with Crippen molar-refractivity contribution in [3.05, 3.63) is 72.1 Å². The van der Waals surface area contributed by atoms with Crippen LogP contribution in [-0.2, 0) is 6.54 Å². The number of piperidine rings is 1. The van der Waals surface area contributed by atoms with Gasteiger partial charge >= 0.3 is 12.0 Å². The molecule has 0 unspecified atom stereocenters. The van der Waals surface area contributed by atoms with Gasteiger partial charge in [-0.2, -0.15) is 4.99 Å². The molecule has 7 N–H and O–H groups in total. The molecule has 1 aliphatic heterocycles. The molecule has 36 heavy (non-hydrogen) atoms. The number of hydrogen-bond acceptors (Lipinski definition) is 6. The van der Waals surface area contributed by atoms with E-state index in [0.717, 1.165) is 48.3 Å². The summed E-state index contributed by atoms with van der Waals surface area (Å²) in [6.45, 7) is 2.00. The van der Waals surface area contributed by atoms with Gasteiger partial charge in [0.15, 0.2) is 5.96 Å². The van der Waals surface area contributed by atoms with Crippen molar-refractivity contribution in [1.82, 2.24) is 15.3 Å². The number of amides is 2. The maximum Gasteiger partial charge on any atom is 0.344 e. The van der Waals surface area contributed by atoms with Crippen LogP contribution in [0.3, 0.4) is 0 Å². The summed E-state index contributed by atoms with van der Waals surface area (Å²) >= 11 is 0. The van der Waals surface area contributed by atoms with Crippen LogP contribution in [0.4, 0.5) is 16.4 Å². The Hall–Kier alpha value is -4.67. The van der Waals surface area contributed by atoms with E-state index in [1.165, 1.54) is 0 Å². The number of carboxylic acid groups (broad SMARTS) is 1. The van der Waals surface area contributed by atoms with Gasteiger partial charge in [0.05, 0.1) is 5.56 Å². The van der Waals surface area contributed by atoms with E-state index in [2.05, 4.69) is 30.5 Å². The number of nitrogens with zero attached hydrogens (tertiary/aromatic N) is 4. The van der Waals surface area contributed by atoms with Crippen molar-refractivity contribution in [2.45, 2.75) is 25.4 Å². The highest BCUT2D eigenvalue weighted by Gasteiger charge is 2.20. The first-order valence-electron chi connectivity index (χ1n) is 11.5. The predicted molar refractivity (Wildman–Crippen MR) is 138 cm³/mol. The second kappa shape index (κ2) is 11.2. The number of carbonyl (C=O) groups is 2. The first kappa shape index (κ1) is 24.5. The van der Waals surface area contributed by atoms with Crippen molar-refractivity contribution in [2.75, 3.05) is 23.3 Å². The van der Waals surface area contributed by atoms with Crippen LogP contribution in [0, 0.1) is 0 Å². The third kappa shape index (κ3) is 6.47. The molecule has 0 bridgehead atoms. The number of carboxylic acids is 1. The minimum absolute atomic E-state index is 0.252. The first-order valence-corrected chi connectivity index (χ1v) is 11.5. The molecule has 3 aromatic rings. The van der Waals surface area contributed by atoms with Crippen molar-refractivity contribution in [3.8, 4) is 11.1 Å². The summed E-state index contributed by atoms with van der Waals surface area (Å²) in [6, 6.07) is 14.3. The SMILES string of the molecule is NC(N)=NC(=O)NCc1cccc(-c2cnc(NC3CCN(c4ccc(C(=O)O)cc4)CC3)nc2)c1. The molecular formula is C25H28N8O3. The van der Waals surface area contributed by atoms with E-state index >= 15 is 0 Å². The van der Waals surface area contributed by atoms with Crippen molar-refractivity contribution in [1.29, 1.82) is 0 Å². The Morgan fingerprint density at radius 2 is 1.72 bits per heavy atom. The summed E-state index contributed by atoms with van der Waals surface area (Å²) in [6.07, 6.45) is 5.37. The Balaban J connectivity index is 1.30. The smallest absolute Gasteiger partial charge is 0.344 e. The Kier molecular flexibility index (Phi) is 7.59. The van der Waals surface area contributed by atoms with Crippen molar-refractivity contribution in [2.24, 2.45) is 16.5 Å². The number of aromatic nitrogens is 2. The summed E-state index contributed by atoms with van der Waals surface area (Å²) in [5.41, 5.74) is 14.4. The second-order valence-corrected chi connectivity index (χ2v) is 8.45. The number of anilines is 2. The molecule has 4 rings (SSSR count). The minimum Gasteiger partial charge on any atom is -0.478 e. The summed E-state index contributed by atoms with van der Waals surface area (Å²) in [7, 11) is 0. The van der Waals surface area contributed by atoms with Crippen LogP contribution >= 0.6 is 0 Å². The standard InChI is InChI=1S/C25H28N8O3/c26-23(27)32-25(36)30-13-16-2-1-3-18(12-16)19-14-28-24(29-15-19)31-20-8-10-33(11-9-20)21-6-4-17(5-7-21)22(34)35/h1-7,12,14-15,20H,8-11,13H2,(H,34,35)(H,28,29,31)(H5,26,27,30,32,36). The van der Waals surface area contributed by atoms with E-state index in [1.807, 2.05) is 36.4 Å². The minimum atomic E-state index is -0.920. The van der Waals surface area contributed by atoms with Gasteiger partial charge in [0.25, 0.3) is 0 Å². The number of aromatic carboxylic acids is 1. The van der Waals surface area contributed by atoms with Crippen molar-refractivity contribution < 1.29 is 14.7 Å². The number of benzene rings is 2. The highest BCUT2D eigenvalue weighted by molar-refractivity contribution is 5.90. The third-order valence-corrected chi connectivity index (χ3v) is 5.89. The normalized spacial score (nSPS) is 13.6. The molecule has 11 nitrogen and oxygen atoms in total. The van der Waals surface area contributed by atoms with Gasteiger partial charge in [-0.25, -0.2) is 19.6 Å². The molecule has 2 amide bonds. The maximum absolute atomic E-state index is 11.6. The summed E-state index contributed by atoms with van der Waals surface area (Å²) in [4.78, 5) is 37.3. The molecule has 1 aromatic heterocycles. The molecule has 0 saturated carbocycles. The molecule has 11 heteroatoms. The highest BCUT2D eigenvalue weighted by Crippen LogP contribution is 2.23. The lowest BCUT2D eigenvalue weighted by Crippen LogP contribution is -2.39. The Morgan fingerprint density at radius 1 is 1.03 bits per heavy atom. The van der Waals surface area contributed by atoms with Crippen LogP contribution in [0.15, 0.2) is 65.9 Å². The zero-order valence-electron chi connectivity index (χ0n) is 19.6. The highest BCUT2D eigenvalue weighted by atomic mass is 16.4. The van der Waals surface area contributed by atoms with Gasteiger partial charge in [-0.1, -0.05) is 18.2 Å². The monoisotopic (exact) mass is 488 g/mol. The van der Waals surface area contributed by atoms with E-state index in [1.54, 1.807) is 24.5 Å². The summed E-state index contributed by atoms with van der Waals surface area (Å²) < 4.78 is 0. The molecular weight excluding hydrogens is 460 g/mol. The third-order valence-electron chi connectivity index (χ3n) is 5.89. The van der Waals surface area contributed by atoms with Gasteiger partial charge < -0.3 is 32.1 Å². The van der Waals surface area contributed by atoms with Gasteiger partial charge in [0.2, 0.25) is 5.95 Å². The van der Waals surface area contributed by atoms with Gasteiger partial charge in [0.1, 0.15) is 0 Å². The van der Waals surface area contributed by atoms with E-state index in [0.29, 0.717) is 5.95 Å². The first-order chi connectivity index (χ1) is 17.4. The Bertz CT molecular complexity index is 1230. The lowest BCUT2D eigenvalue weighted by molar-refractivity contribution is 0.0697. The molecule has 1 aliphatic rings. The Morgan fingerprint density at radius 3 is 2.36 bits per heavy atom. The zero-order chi connectivity index (χ0) is 25.5. The predicted octanol–water partition coefficient (Wildman–Crippen LogP) is 2.41. The number of nitrogens with one attached hydrogen (secondary N) is 2. The van der Waals surface area contributed by atoms with Crippen LogP contribution < -0.4 is 27.0 Å². The lowest BCUT2D eigenvalue weighted by atomic mass is 10.0. The van der Waals surface area contributed by atoms with E-state index in [9.17, 15) is 9.59 Å². The second-order valence-electron chi connectivity index (χ2n) is 8.45. The molecule has 186 valence electrons. The fraction of sp³-hybridized carbons (Fsp3) is 0.240. The van der Waals surface area contributed by atoms with Crippen LogP contribution in [0.2, 0.25) is 0 Å². The molecule has 0 radical (unpaired) electrons. The number of nitrogens with two attached hydrogens (primary N) is 2. The summed E-state index contributed by atoms with van der Waals surface area (Å²) in [5, 5.41) is 15.1. The fourth-order valence-electron chi connectivity index (χ4n) is 4.03. The van der Waals surface area contributed by atoms with Crippen molar-refractivity contribution in [3.63, 3.8) is 0 Å². The van der Waals surface area contributed by atoms with Crippen LogP contribution in [-0.4, -0.2) is 52.2 Å². The van der Waals surface area contributed by atoms with Gasteiger partial charge in [-0.3, -0.25) is 0 Å². The molecule has 1 saturated heterocycles. The van der Waals surface area contributed by atoms with E-state index < -0.39 is 12.0 Å². The van der Waals surface area contributed by atoms with Gasteiger partial charge in [-0.05, 0) is 54.3 Å². The number of carbonyl (C=O) groups excluding carboxylic acids is 1. The van der Waals surface area contributed by atoms with Crippen LogP contribution in [0.1, 0.15) is 28.8 Å². The largest absolute Gasteiger partial charge is 0.478 e. The molecule has 0 atom stereocenters. The average molecular weight is 489 g/mol. The summed E-state index contributed by atoms with van der Waals surface area (Å²) in [5.74, 6) is -0.634. The quantitative estimate of drug-likeness (QED) is 0.247. The van der Waals surface area contributed by atoms with Crippen LogP contribution in [0.25, 0.3) is 11.1 Å². The Labute approximate surface area is 208 Å². The van der Waals surface area contributed by atoms with Gasteiger partial charge in [-0.15, -0.1) is 0 Å². The fourth-order valence-corrected chi connectivity index (χ4v) is 4.03. The number of guanidine groups is 1. The number of aliphatic imine (C=N–C) groups is 1. The van der Waals surface area contributed by atoms with E-state index in [-0.39, 0.29) is 24.1 Å². The molecule has 0 spiro atoms. The average Bonchev–Trinajstić information content (AvgIpc) is 2.88. The topological polar surface area (TPSA) is 172 Å². The van der Waals surface area contributed by atoms with Crippen molar-refractivity contribution >= 4 is 29.6 Å².